The second-order valence-corrected chi connectivity index (χ2v) is 8.03. The normalized spacial score (nSPS) is 28.9. The lowest BCUT2D eigenvalue weighted by molar-refractivity contribution is -0.136. The highest BCUT2D eigenvalue weighted by molar-refractivity contribution is 6.05. The Morgan fingerprint density at radius 1 is 1.19 bits per heavy atom. The molecule has 0 bridgehead atoms. The van der Waals surface area contributed by atoms with E-state index in [2.05, 4.69) is 5.32 Å². The molecule has 27 heavy (non-hydrogen) atoms. The molecule has 2 atom stereocenters. The largest absolute Gasteiger partial charge is 0.490 e. The summed E-state index contributed by atoms with van der Waals surface area (Å²) in [5, 5.41) is 2.33. The summed E-state index contributed by atoms with van der Waals surface area (Å²) >= 11 is 0. The monoisotopic (exact) mass is 370 g/mol. The fourth-order valence-electron chi connectivity index (χ4n) is 4.46. The van der Waals surface area contributed by atoms with E-state index in [1.807, 2.05) is 12.1 Å². The van der Waals surface area contributed by atoms with Crippen LogP contribution in [0.1, 0.15) is 48.0 Å². The maximum absolute atomic E-state index is 12.7. The van der Waals surface area contributed by atoms with Gasteiger partial charge in [-0.15, -0.1) is 0 Å². The Morgan fingerprint density at radius 3 is 2.81 bits per heavy atom. The molecule has 1 spiro atoms. The fraction of sp³-hybridized carbons (Fsp3) is 0.550. The first-order valence-corrected chi connectivity index (χ1v) is 9.58. The standard InChI is InChI=1S/C20H22N2O5/c23-17-4-3-15(18(24)21-17)22-10-12-9-13(1-2-14(12)19(22)25)27-16-5-8-26-11-20(16)6-7-20/h1-2,9,15-16H,3-8,10-11H2,(H,21,23,24)/t15?,16-/m0/s1. The number of hydrogen-bond donors (Lipinski definition) is 1. The van der Waals surface area contributed by atoms with Crippen LogP contribution in [-0.4, -0.2) is 48.0 Å². The molecule has 0 radical (unpaired) electrons. The lowest BCUT2D eigenvalue weighted by Crippen LogP contribution is -2.52. The van der Waals surface area contributed by atoms with Crippen LogP contribution in [0, 0.1) is 5.41 Å². The van der Waals surface area contributed by atoms with Gasteiger partial charge in [0.1, 0.15) is 17.9 Å². The number of piperidine rings is 1. The molecule has 0 aromatic heterocycles. The summed E-state index contributed by atoms with van der Waals surface area (Å²) in [5.41, 5.74) is 1.66. The highest BCUT2D eigenvalue weighted by Gasteiger charge is 2.53. The molecule has 1 aromatic rings. The molecule has 7 heteroatoms. The van der Waals surface area contributed by atoms with Crippen LogP contribution >= 0.6 is 0 Å². The number of imide groups is 1. The first-order chi connectivity index (χ1) is 13.1. The minimum atomic E-state index is -0.586. The Bertz CT molecular complexity index is 832. The second kappa shape index (κ2) is 6.05. The maximum atomic E-state index is 12.7. The minimum Gasteiger partial charge on any atom is -0.490 e. The Hall–Kier alpha value is -2.41. The van der Waals surface area contributed by atoms with Gasteiger partial charge in [0, 0.05) is 30.4 Å². The van der Waals surface area contributed by atoms with Crippen molar-refractivity contribution >= 4 is 17.7 Å². The lowest BCUT2D eigenvalue weighted by atomic mass is 9.95. The third-order valence-electron chi connectivity index (χ3n) is 6.26. The van der Waals surface area contributed by atoms with Gasteiger partial charge >= 0.3 is 0 Å². The van der Waals surface area contributed by atoms with E-state index in [0.29, 0.717) is 18.5 Å². The zero-order valence-corrected chi connectivity index (χ0v) is 15.0. The summed E-state index contributed by atoms with van der Waals surface area (Å²) in [5.74, 6) is -0.0519. The zero-order valence-electron chi connectivity index (χ0n) is 15.0. The molecule has 1 saturated carbocycles. The summed E-state index contributed by atoms with van der Waals surface area (Å²) in [7, 11) is 0. The van der Waals surface area contributed by atoms with Crippen molar-refractivity contribution in [1.29, 1.82) is 0 Å². The SMILES string of the molecule is O=C1CCC(N2Cc3cc(O[C@H]4CCOCC45CC5)ccc3C2=O)C(=O)N1. The van der Waals surface area contributed by atoms with Crippen molar-refractivity contribution in [2.75, 3.05) is 13.2 Å². The topological polar surface area (TPSA) is 84.9 Å². The minimum absolute atomic E-state index is 0.157. The van der Waals surface area contributed by atoms with Crippen molar-refractivity contribution in [3.63, 3.8) is 0 Å². The van der Waals surface area contributed by atoms with E-state index in [0.717, 1.165) is 43.8 Å². The molecule has 142 valence electrons. The van der Waals surface area contributed by atoms with Crippen LogP contribution < -0.4 is 10.1 Å². The van der Waals surface area contributed by atoms with Gasteiger partial charge in [-0.3, -0.25) is 19.7 Å². The second-order valence-electron chi connectivity index (χ2n) is 8.03. The number of amides is 3. The highest BCUT2D eigenvalue weighted by atomic mass is 16.5. The molecule has 1 aromatic carbocycles. The molecule has 7 nitrogen and oxygen atoms in total. The van der Waals surface area contributed by atoms with E-state index in [4.69, 9.17) is 9.47 Å². The van der Waals surface area contributed by atoms with E-state index in [-0.39, 0.29) is 35.7 Å². The van der Waals surface area contributed by atoms with Crippen LogP contribution in [0.4, 0.5) is 0 Å². The van der Waals surface area contributed by atoms with Crippen LogP contribution in [0.25, 0.3) is 0 Å². The number of benzene rings is 1. The molecule has 1 unspecified atom stereocenters. The molecule has 3 heterocycles. The molecular formula is C20H22N2O5. The van der Waals surface area contributed by atoms with E-state index in [1.165, 1.54) is 0 Å². The molecule has 1 N–H and O–H groups in total. The number of nitrogens with one attached hydrogen (secondary N) is 1. The van der Waals surface area contributed by atoms with Crippen molar-refractivity contribution in [3.8, 4) is 5.75 Å². The molecule has 3 fully saturated rings. The van der Waals surface area contributed by atoms with Crippen LogP contribution in [0.3, 0.4) is 0 Å². The third-order valence-corrected chi connectivity index (χ3v) is 6.26. The number of hydrogen-bond acceptors (Lipinski definition) is 5. The van der Waals surface area contributed by atoms with Crippen molar-refractivity contribution in [3.05, 3.63) is 29.3 Å². The van der Waals surface area contributed by atoms with Crippen molar-refractivity contribution < 1.29 is 23.9 Å². The summed E-state index contributed by atoms with van der Waals surface area (Å²) in [6.45, 7) is 1.86. The molecule has 3 amide bonds. The molecule has 2 saturated heterocycles. The van der Waals surface area contributed by atoms with E-state index < -0.39 is 6.04 Å². The van der Waals surface area contributed by atoms with Gasteiger partial charge in [0.05, 0.1) is 13.2 Å². The smallest absolute Gasteiger partial charge is 0.255 e. The van der Waals surface area contributed by atoms with Gasteiger partial charge in [0.15, 0.2) is 0 Å². The van der Waals surface area contributed by atoms with E-state index in [1.54, 1.807) is 11.0 Å². The number of rotatable bonds is 3. The molecular weight excluding hydrogens is 348 g/mol. The number of nitrogens with zero attached hydrogens (tertiary/aromatic N) is 1. The van der Waals surface area contributed by atoms with Crippen LogP contribution in [-0.2, 0) is 20.9 Å². The maximum Gasteiger partial charge on any atom is 0.255 e. The average Bonchev–Trinajstić information content (AvgIpc) is 3.35. The predicted molar refractivity (Wildman–Crippen MR) is 94.0 cm³/mol. The van der Waals surface area contributed by atoms with Gasteiger partial charge in [-0.25, -0.2) is 0 Å². The van der Waals surface area contributed by atoms with Crippen molar-refractivity contribution in [1.82, 2.24) is 10.2 Å². The highest BCUT2D eigenvalue weighted by Crippen LogP contribution is 2.52. The summed E-state index contributed by atoms with van der Waals surface area (Å²) < 4.78 is 11.9. The quantitative estimate of drug-likeness (QED) is 0.813. The Kier molecular flexibility index (Phi) is 3.75. The molecule has 1 aliphatic carbocycles. The van der Waals surface area contributed by atoms with Gasteiger partial charge in [-0.05, 0) is 43.0 Å². The van der Waals surface area contributed by atoms with Gasteiger partial charge in [-0.1, -0.05) is 0 Å². The third kappa shape index (κ3) is 2.81. The van der Waals surface area contributed by atoms with E-state index >= 15 is 0 Å². The number of carbonyl (C=O) groups excluding carboxylic acids is 3. The van der Waals surface area contributed by atoms with Crippen molar-refractivity contribution in [2.24, 2.45) is 5.41 Å². The summed E-state index contributed by atoms with van der Waals surface area (Å²) in [4.78, 5) is 37.8. The molecule has 4 aliphatic rings. The zero-order chi connectivity index (χ0) is 18.6. The van der Waals surface area contributed by atoms with Gasteiger partial charge in [-0.2, -0.15) is 0 Å². The first-order valence-electron chi connectivity index (χ1n) is 9.58. The van der Waals surface area contributed by atoms with Crippen molar-refractivity contribution in [2.45, 2.75) is 50.8 Å². The fourth-order valence-corrected chi connectivity index (χ4v) is 4.46. The van der Waals surface area contributed by atoms with Crippen LogP contribution in [0.5, 0.6) is 5.75 Å². The average molecular weight is 370 g/mol. The Balaban J connectivity index is 1.33. The first kappa shape index (κ1) is 16.7. The molecule has 5 rings (SSSR count). The van der Waals surface area contributed by atoms with Crippen LogP contribution in [0.2, 0.25) is 0 Å². The summed E-state index contributed by atoms with van der Waals surface area (Å²) in [6, 6.07) is 4.97. The predicted octanol–water partition coefficient (Wildman–Crippen LogP) is 1.40. The van der Waals surface area contributed by atoms with E-state index in [9.17, 15) is 14.4 Å². The van der Waals surface area contributed by atoms with Crippen LogP contribution in [0.15, 0.2) is 18.2 Å². The van der Waals surface area contributed by atoms with Gasteiger partial charge in [0.2, 0.25) is 11.8 Å². The molecule has 3 aliphatic heterocycles. The van der Waals surface area contributed by atoms with Gasteiger partial charge < -0.3 is 14.4 Å². The number of ether oxygens (including phenoxy) is 2. The van der Waals surface area contributed by atoms with Gasteiger partial charge in [0.25, 0.3) is 5.91 Å². The summed E-state index contributed by atoms with van der Waals surface area (Å²) in [6.07, 6.45) is 3.97. The Morgan fingerprint density at radius 2 is 2.04 bits per heavy atom. The Labute approximate surface area is 157 Å². The number of carbonyl (C=O) groups is 3. The lowest BCUT2D eigenvalue weighted by Gasteiger charge is -2.32. The number of fused-ring (bicyclic) bond motifs is 1.